The van der Waals surface area contributed by atoms with Gasteiger partial charge in [-0.25, -0.2) is 4.79 Å². The fourth-order valence-corrected chi connectivity index (χ4v) is 2.29. The lowest BCUT2D eigenvalue weighted by Gasteiger charge is -2.34. The number of nitrogen functional groups attached to an aromatic ring is 1. The van der Waals surface area contributed by atoms with Crippen molar-refractivity contribution in [2.24, 2.45) is 0 Å². The summed E-state index contributed by atoms with van der Waals surface area (Å²) in [6, 6.07) is 5.43. The van der Waals surface area contributed by atoms with Gasteiger partial charge in [0.05, 0.1) is 23.5 Å². The highest BCUT2D eigenvalue weighted by molar-refractivity contribution is 5.92. The molecule has 1 fully saturated rings. The number of hydrogen-bond donors (Lipinski definition) is 1. The lowest BCUT2D eigenvalue weighted by molar-refractivity contribution is 0.0505. The van der Waals surface area contributed by atoms with Gasteiger partial charge in [0.1, 0.15) is 0 Å². The lowest BCUT2D eigenvalue weighted by atomic mass is 10.1. The zero-order chi connectivity index (χ0) is 14.5. The molecule has 1 aromatic carbocycles. The molecule has 2 rings (SSSR count). The normalized spacial score (nSPS) is 16.2. The number of likely N-dealkylation sites (N-methyl/N-ethyl adjacent to an activating group) is 1. The number of nitrogens with two attached hydrogens (primary N) is 1. The lowest BCUT2D eigenvalue weighted by Crippen LogP contribution is -2.44. The minimum Gasteiger partial charge on any atom is -0.462 e. The molecule has 1 heterocycles. The van der Waals surface area contributed by atoms with E-state index in [1.54, 1.807) is 12.1 Å². The number of esters is 1. The molecule has 0 unspecified atom stereocenters. The van der Waals surface area contributed by atoms with Gasteiger partial charge < -0.3 is 20.3 Å². The van der Waals surface area contributed by atoms with Gasteiger partial charge in [-0.3, -0.25) is 0 Å². The van der Waals surface area contributed by atoms with Crippen LogP contribution in [0, 0.1) is 0 Å². The summed E-state index contributed by atoms with van der Waals surface area (Å²) in [5, 5.41) is 0. The number of nitrogens with zero attached hydrogens (tertiary/aromatic N) is 2. The van der Waals surface area contributed by atoms with Crippen LogP contribution in [-0.4, -0.2) is 50.7 Å². The molecule has 0 bridgehead atoms. The zero-order valence-corrected chi connectivity index (χ0v) is 12.3. The standard InChI is InChI=1S/C15H23N3O2/c1-3-10-20-15(19)12-4-5-14(13(16)11-12)18-8-6-17(2)7-9-18/h4-5,11H,3,6-10,16H2,1-2H3. The van der Waals surface area contributed by atoms with E-state index >= 15 is 0 Å². The van der Waals surface area contributed by atoms with Crippen molar-refractivity contribution in [2.75, 3.05) is 50.5 Å². The maximum Gasteiger partial charge on any atom is 0.338 e. The summed E-state index contributed by atoms with van der Waals surface area (Å²) >= 11 is 0. The summed E-state index contributed by atoms with van der Waals surface area (Å²) in [6.45, 7) is 6.39. The number of rotatable bonds is 4. The summed E-state index contributed by atoms with van der Waals surface area (Å²) in [5.41, 5.74) is 8.26. The molecule has 1 saturated heterocycles. The monoisotopic (exact) mass is 277 g/mol. The second-order valence-electron chi connectivity index (χ2n) is 5.20. The third-order valence-electron chi connectivity index (χ3n) is 3.54. The van der Waals surface area contributed by atoms with E-state index in [-0.39, 0.29) is 5.97 Å². The van der Waals surface area contributed by atoms with Crippen LogP contribution < -0.4 is 10.6 Å². The van der Waals surface area contributed by atoms with E-state index in [9.17, 15) is 4.79 Å². The quantitative estimate of drug-likeness (QED) is 0.669. The number of carbonyl (C=O) groups is 1. The van der Waals surface area contributed by atoms with E-state index in [4.69, 9.17) is 10.5 Å². The topological polar surface area (TPSA) is 58.8 Å². The molecule has 20 heavy (non-hydrogen) atoms. The fourth-order valence-electron chi connectivity index (χ4n) is 2.29. The number of ether oxygens (including phenoxy) is 1. The minimum absolute atomic E-state index is 0.302. The van der Waals surface area contributed by atoms with Crippen LogP contribution in [0.1, 0.15) is 23.7 Å². The van der Waals surface area contributed by atoms with Crippen LogP contribution in [0.15, 0.2) is 18.2 Å². The number of piperazine rings is 1. The van der Waals surface area contributed by atoms with Gasteiger partial charge >= 0.3 is 5.97 Å². The SMILES string of the molecule is CCCOC(=O)c1ccc(N2CCN(C)CC2)c(N)c1. The first-order chi connectivity index (χ1) is 9.61. The summed E-state index contributed by atoms with van der Waals surface area (Å²) in [7, 11) is 2.12. The molecule has 0 aromatic heterocycles. The second kappa shape index (κ2) is 6.61. The van der Waals surface area contributed by atoms with Crippen molar-refractivity contribution >= 4 is 17.3 Å². The van der Waals surface area contributed by atoms with Crippen molar-refractivity contribution in [2.45, 2.75) is 13.3 Å². The van der Waals surface area contributed by atoms with Gasteiger partial charge in [-0.2, -0.15) is 0 Å². The van der Waals surface area contributed by atoms with Gasteiger partial charge in [0, 0.05) is 26.2 Å². The van der Waals surface area contributed by atoms with Crippen LogP contribution in [0.4, 0.5) is 11.4 Å². The molecular formula is C15H23N3O2. The first kappa shape index (κ1) is 14.7. The third-order valence-corrected chi connectivity index (χ3v) is 3.54. The summed E-state index contributed by atoms with van der Waals surface area (Å²) < 4.78 is 5.12. The van der Waals surface area contributed by atoms with Crippen LogP contribution in [0.25, 0.3) is 0 Å². The van der Waals surface area contributed by atoms with Gasteiger partial charge in [0.25, 0.3) is 0 Å². The van der Waals surface area contributed by atoms with E-state index in [0.717, 1.165) is 38.3 Å². The highest BCUT2D eigenvalue weighted by Crippen LogP contribution is 2.25. The molecule has 1 aliphatic heterocycles. The molecule has 0 atom stereocenters. The van der Waals surface area contributed by atoms with Crippen molar-refractivity contribution < 1.29 is 9.53 Å². The predicted molar refractivity (Wildman–Crippen MR) is 81.1 cm³/mol. The van der Waals surface area contributed by atoms with Gasteiger partial charge in [-0.1, -0.05) is 6.92 Å². The molecule has 0 amide bonds. The maximum atomic E-state index is 11.8. The van der Waals surface area contributed by atoms with Crippen molar-refractivity contribution in [3.05, 3.63) is 23.8 Å². The molecule has 5 nitrogen and oxygen atoms in total. The molecule has 5 heteroatoms. The van der Waals surface area contributed by atoms with E-state index in [0.29, 0.717) is 17.9 Å². The van der Waals surface area contributed by atoms with Crippen LogP contribution >= 0.6 is 0 Å². The third kappa shape index (κ3) is 3.42. The molecule has 0 aliphatic carbocycles. The number of anilines is 2. The second-order valence-corrected chi connectivity index (χ2v) is 5.20. The van der Waals surface area contributed by atoms with Crippen LogP contribution in [-0.2, 0) is 4.74 Å². The average molecular weight is 277 g/mol. The molecule has 2 N–H and O–H groups in total. The molecule has 1 aliphatic rings. The van der Waals surface area contributed by atoms with Crippen LogP contribution in [0.5, 0.6) is 0 Å². The maximum absolute atomic E-state index is 11.8. The Kier molecular flexibility index (Phi) is 4.84. The van der Waals surface area contributed by atoms with Gasteiger partial charge in [0.2, 0.25) is 0 Å². The molecular weight excluding hydrogens is 254 g/mol. The molecule has 1 aromatic rings. The van der Waals surface area contributed by atoms with E-state index in [1.165, 1.54) is 0 Å². The van der Waals surface area contributed by atoms with Crippen LogP contribution in [0.2, 0.25) is 0 Å². The van der Waals surface area contributed by atoms with E-state index in [2.05, 4.69) is 16.8 Å². The Balaban J connectivity index is 2.07. The Morgan fingerprint density at radius 2 is 2.00 bits per heavy atom. The smallest absolute Gasteiger partial charge is 0.338 e. The Morgan fingerprint density at radius 3 is 2.60 bits per heavy atom. The van der Waals surface area contributed by atoms with Gasteiger partial charge in [-0.05, 0) is 31.7 Å². The first-order valence-corrected chi connectivity index (χ1v) is 7.12. The molecule has 0 radical (unpaired) electrons. The zero-order valence-electron chi connectivity index (χ0n) is 12.3. The van der Waals surface area contributed by atoms with Crippen molar-refractivity contribution in [3.8, 4) is 0 Å². The molecule has 110 valence electrons. The first-order valence-electron chi connectivity index (χ1n) is 7.12. The summed E-state index contributed by atoms with van der Waals surface area (Å²) in [4.78, 5) is 16.3. The minimum atomic E-state index is -0.302. The Labute approximate surface area is 120 Å². The van der Waals surface area contributed by atoms with E-state index < -0.39 is 0 Å². The number of carbonyl (C=O) groups excluding carboxylic acids is 1. The van der Waals surface area contributed by atoms with Gasteiger partial charge in [0.15, 0.2) is 0 Å². The Bertz CT molecular complexity index is 468. The Hall–Kier alpha value is -1.75. The van der Waals surface area contributed by atoms with Gasteiger partial charge in [-0.15, -0.1) is 0 Å². The largest absolute Gasteiger partial charge is 0.462 e. The molecule has 0 spiro atoms. The summed E-state index contributed by atoms with van der Waals surface area (Å²) in [5.74, 6) is -0.302. The number of benzene rings is 1. The van der Waals surface area contributed by atoms with Crippen molar-refractivity contribution in [1.29, 1.82) is 0 Å². The average Bonchev–Trinajstić information content (AvgIpc) is 2.46. The highest BCUT2D eigenvalue weighted by Gasteiger charge is 2.17. The fraction of sp³-hybridized carbons (Fsp3) is 0.533. The highest BCUT2D eigenvalue weighted by atomic mass is 16.5. The summed E-state index contributed by atoms with van der Waals surface area (Å²) in [6.07, 6.45) is 0.820. The Morgan fingerprint density at radius 1 is 1.30 bits per heavy atom. The van der Waals surface area contributed by atoms with E-state index in [1.807, 2.05) is 13.0 Å². The van der Waals surface area contributed by atoms with Crippen molar-refractivity contribution in [3.63, 3.8) is 0 Å². The van der Waals surface area contributed by atoms with Crippen LogP contribution in [0.3, 0.4) is 0 Å². The van der Waals surface area contributed by atoms with Crippen molar-refractivity contribution in [1.82, 2.24) is 4.90 Å². The predicted octanol–water partition coefficient (Wildman–Crippen LogP) is 1.59. The molecule has 0 saturated carbocycles. The number of hydrogen-bond acceptors (Lipinski definition) is 5.